The second-order valence-electron chi connectivity index (χ2n) is 7.15. The lowest BCUT2D eigenvalue weighted by Crippen LogP contribution is -2.27. The molecule has 34 heavy (non-hydrogen) atoms. The summed E-state index contributed by atoms with van der Waals surface area (Å²) in [6.07, 6.45) is 1.66. The molecule has 0 atom stereocenters. The topological polar surface area (TPSA) is 55.8 Å². The van der Waals surface area contributed by atoms with Crippen molar-refractivity contribution in [3.63, 3.8) is 0 Å². The number of hydrogen-bond acceptors (Lipinski definition) is 5. The molecule has 1 aliphatic rings. The first kappa shape index (κ1) is 24.9. The van der Waals surface area contributed by atoms with Crippen LogP contribution in [0.1, 0.15) is 18.1 Å². The Morgan fingerprint density at radius 1 is 1.03 bits per heavy atom. The van der Waals surface area contributed by atoms with Gasteiger partial charge in [-0.15, -0.1) is 0 Å². The van der Waals surface area contributed by atoms with Crippen molar-refractivity contribution in [3.8, 4) is 11.5 Å². The Bertz CT molecular complexity index is 1280. The minimum Gasteiger partial charge on any atom is -0.490 e. The average Bonchev–Trinajstić information content (AvgIpc) is 3.07. The van der Waals surface area contributed by atoms with Crippen molar-refractivity contribution in [2.75, 3.05) is 11.5 Å². The highest BCUT2D eigenvalue weighted by Crippen LogP contribution is 2.41. The third-order valence-corrected chi connectivity index (χ3v) is 7.12. The van der Waals surface area contributed by atoms with Crippen LogP contribution in [0.3, 0.4) is 0 Å². The third kappa shape index (κ3) is 5.51. The van der Waals surface area contributed by atoms with Gasteiger partial charge in [0.05, 0.1) is 26.7 Å². The molecule has 3 aromatic rings. The van der Waals surface area contributed by atoms with Gasteiger partial charge in [0.15, 0.2) is 11.5 Å². The smallest absolute Gasteiger partial charge is 0.298 e. The molecule has 0 unspecified atom stereocenters. The van der Waals surface area contributed by atoms with Crippen LogP contribution < -0.4 is 14.4 Å². The number of rotatable bonds is 7. The van der Waals surface area contributed by atoms with E-state index in [1.165, 1.54) is 0 Å². The van der Waals surface area contributed by atoms with Gasteiger partial charge in [0.1, 0.15) is 6.61 Å². The van der Waals surface area contributed by atoms with Crippen molar-refractivity contribution >= 4 is 78.1 Å². The maximum Gasteiger partial charge on any atom is 0.298 e. The molecule has 1 aliphatic heterocycles. The standard InChI is InChI=1S/C25H18Br2ClNO4S/c1-2-32-21-12-16(11-18(27)23(21)33-14-15-7-9-17(26)10-8-15)13-22-24(30)29(25(31)34-22)20-6-4-3-5-19(20)28/h3-13H,2,14H2,1H3/b22-13-. The first-order valence-corrected chi connectivity index (χ1v) is 13.0. The van der Waals surface area contributed by atoms with Gasteiger partial charge in [-0.25, -0.2) is 4.90 Å². The number of carbonyl (C=O) groups excluding carboxylic acids is 2. The summed E-state index contributed by atoms with van der Waals surface area (Å²) in [5.41, 5.74) is 2.06. The molecule has 2 amide bonds. The van der Waals surface area contributed by atoms with Gasteiger partial charge < -0.3 is 9.47 Å². The fraction of sp³-hybridized carbons (Fsp3) is 0.120. The fourth-order valence-electron chi connectivity index (χ4n) is 3.27. The van der Waals surface area contributed by atoms with Crippen LogP contribution in [0, 0.1) is 0 Å². The predicted molar refractivity (Wildman–Crippen MR) is 144 cm³/mol. The highest BCUT2D eigenvalue weighted by molar-refractivity contribution is 9.10. The second kappa shape index (κ2) is 11.0. The maximum atomic E-state index is 13.0. The van der Waals surface area contributed by atoms with E-state index >= 15 is 0 Å². The van der Waals surface area contributed by atoms with Gasteiger partial charge in [0, 0.05) is 4.47 Å². The van der Waals surface area contributed by atoms with E-state index in [1.54, 1.807) is 36.4 Å². The van der Waals surface area contributed by atoms with Gasteiger partial charge in [-0.3, -0.25) is 9.59 Å². The van der Waals surface area contributed by atoms with E-state index in [4.69, 9.17) is 21.1 Å². The zero-order chi connectivity index (χ0) is 24.2. The number of thioether (sulfide) groups is 1. The molecule has 0 N–H and O–H groups in total. The number of anilines is 1. The van der Waals surface area contributed by atoms with Crippen molar-refractivity contribution in [2.45, 2.75) is 13.5 Å². The molecule has 9 heteroatoms. The number of ether oxygens (including phenoxy) is 2. The molecule has 5 nitrogen and oxygen atoms in total. The zero-order valence-electron chi connectivity index (χ0n) is 17.9. The Hall–Kier alpha value is -2.26. The summed E-state index contributed by atoms with van der Waals surface area (Å²) in [5, 5.41) is -0.0670. The lowest BCUT2D eigenvalue weighted by atomic mass is 10.1. The van der Waals surface area contributed by atoms with E-state index < -0.39 is 11.1 Å². The average molecular weight is 624 g/mol. The first-order chi connectivity index (χ1) is 16.4. The molecule has 0 bridgehead atoms. The minimum atomic E-state index is -0.423. The molecule has 1 saturated heterocycles. The van der Waals surface area contributed by atoms with Gasteiger partial charge in [-0.2, -0.15) is 0 Å². The normalized spacial score (nSPS) is 14.7. The molecule has 3 aromatic carbocycles. The Morgan fingerprint density at radius 3 is 2.47 bits per heavy atom. The van der Waals surface area contributed by atoms with Crippen LogP contribution in [0.25, 0.3) is 6.08 Å². The summed E-state index contributed by atoms with van der Waals surface area (Å²) in [7, 11) is 0. The number of hydrogen-bond donors (Lipinski definition) is 0. The van der Waals surface area contributed by atoms with Gasteiger partial charge in [0.25, 0.3) is 11.1 Å². The van der Waals surface area contributed by atoms with E-state index in [1.807, 2.05) is 37.3 Å². The molecule has 0 aromatic heterocycles. The highest BCUT2D eigenvalue weighted by Gasteiger charge is 2.37. The molecule has 4 rings (SSSR count). The number of para-hydroxylation sites is 1. The maximum absolute atomic E-state index is 13.0. The Labute approximate surface area is 223 Å². The number of halogens is 3. The SMILES string of the molecule is CCOc1cc(/C=C2\SC(=O)N(c3ccccc3Cl)C2=O)cc(Br)c1OCc1ccc(Br)cc1. The summed E-state index contributed by atoms with van der Waals surface area (Å²) in [5.74, 6) is 0.671. The van der Waals surface area contributed by atoms with Crippen LogP contribution in [0.4, 0.5) is 10.5 Å². The number of nitrogens with zero attached hydrogens (tertiary/aromatic N) is 1. The van der Waals surface area contributed by atoms with Crippen molar-refractivity contribution in [1.29, 1.82) is 0 Å². The van der Waals surface area contributed by atoms with E-state index in [-0.39, 0.29) is 0 Å². The molecule has 0 radical (unpaired) electrons. The van der Waals surface area contributed by atoms with E-state index in [0.717, 1.165) is 26.7 Å². The van der Waals surface area contributed by atoms with Crippen LogP contribution in [-0.2, 0) is 11.4 Å². The molecule has 1 heterocycles. The quantitative estimate of drug-likeness (QED) is 0.249. The Kier molecular flexibility index (Phi) is 8.03. The molecule has 0 saturated carbocycles. The zero-order valence-corrected chi connectivity index (χ0v) is 22.6. The number of carbonyl (C=O) groups is 2. The van der Waals surface area contributed by atoms with Crippen molar-refractivity contribution in [2.24, 2.45) is 0 Å². The van der Waals surface area contributed by atoms with E-state index in [0.29, 0.717) is 50.4 Å². The molecular weight excluding hydrogens is 606 g/mol. The van der Waals surface area contributed by atoms with Crippen molar-refractivity contribution in [1.82, 2.24) is 0 Å². The van der Waals surface area contributed by atoms with Gasteiger partial charge in [0.2, 0.25) is 0 Å². The summed E-state index contributed by atoms with van der Waals surface area (Å²) >= 11 is 14.1. The summed E-state index contributed by atoms with van der Waals surface area (Å²) in [4.78, 5) is 27.0. The van der Waals surface area contributed by atoms with Gasteiger partial charge in [-0.1, -0.05) is 51.8 Å². The fourth-order valence-corrected chi connectivity index (χ4v) is 5.16. The number of imide groups is 1. The van der Waals surface area contributed by atoms with Crippen LogP contribution in [0.2, 0.25) is 5.02 Å². The Morgan fingerprint density at radius 2 is 1.76 bits per heavy atom. The lowest BCUT2D eigenvalue weighted by molar-refractivity contribution is -0.113. The second-order valence-corrected chi connectivity index (χ2v) is 10.3. The molecule has 1 fully saturated rings. The summed E-state index contributed by atoms with van der Waals surface area (Å²) < 4.78 is 13.5. The predicted octanol–water partition coefficient (Wildman–Crippen LogP) is 8.08. The molecule has 0 spiro atoms. The van der Waals surface area contributed by atoms with Crippen molar-refractivity contribution in [3.05, 3.63) is 90.7 Å². The molecular formula is C25H18Br2ClNO4S. The van der Waals surface area contributed by atoms with Crippen LogP contribution >= 0.6 is 55.2 Å². The molecule has 174 valence electrons. The first-order valence-electron chi connectivity index (χ1n) is 10.2. The van der Waals surface area contributed by atoms with Crippen LogP contribution in [-0.4, -0.2) is 17.8 Å². The third-order valence-electron chi connectivity index (χ3n) is 4.81. The van der Waals surface area contributed by atoms with Crippen LogP contribution in [0.15, 0.2) is 74.5 Å². The van der Waals surface area contributed by atoms with Gasteiger partial charge in [-0.05, 0) is 88.2 Å². The largest absolute Gasteiger partial charge is 0.490 e. The summed E-state index contributed by atoms with van der Waals surface area (Å²) in [6.45, 7) is 2.68. The Balaban J connectivity index is 1.60. The van der Waals surface area contributed by atoms with Crippen LogP contribution in [0.5, 0.6) is 11.5 Å². The van der Waals surface area contributed by atoms with E-state index in [2.05, 4.69) is 31.9 Å². The monoisotopic (exact) mass is 621 g/mol. The van der Waals surface area contributed by atoms with Crippen molar-refractivity contribution < 1.29 is 19.1 Å². The minimum absolute atomic E-state index is 0.294. The lowest BCUT2D eigenvalue weighted by Gasteiger charge is -2.15. The summed E-state index contributed by atoms with van der Waals surface area (Å²) in [6, 6.07) is 18.2. The molecule has 0 aliphatic carbocycles. The number of amides is 2. The van der Waals surface area contributed by atoms with Gasteiger partial charge >= 0.3 is 0 Å². The highest BCUT2D eigenvalue weighted by atomic mass is 79.9. The van der Waals surface area contributed by atoms with E-state index in [9.17, 15) is 9.59 Å². The number of benzene rings is 3.